The Kier molecular flexibility index (Phi) is 5.59. The van der Waals surface area contributed by atoms with Crippen molar-refractivity contribution in [2.45, 2.75) is 25.9 Å². The van der Waals surface area contributed by atoms with Gasteiger partial charge in [0.1, 0.15) is 11.1 Å². The topological polar surface area (TPSA) is 108 Å². The number of piperidine rings is 3. The van der Waals surface area contributed by atoms with E-state index in [9.17, 15) is 9.59 Å². The fraction of sp³-hybridized carbons (Fsp3) is 0.400. The number of nitrogens with zero attached hydrogens (tertiary/aromatic N) is 3. The van der Waals surface area contributed by atoms with E-state index in [4.69, 9.17) is 9.84 Å². The van der Waals surface area contributed by atoms with E-state index in [-0.39, 0.29) is 11.8 Å². The molecule has 3 saturated heterocycles. The first-order valence-electron chi connectivity index (χ1n) is 9.50. The first kappa shape index (κ1) is 19.5. The largest absolute Gasteiger partial charge is 0.476 e. The number of carbonyl (C=O) groups excluding carboxylic acids is 1. The number of aromatic amines is 1. The van der Waals surface area contributed by atoms with E-state index in [1.54, 1.807) is 6.07 Å². The van der Waals surface area contributed by atoms with E-state index in [1.165, 1.54) is 37.3 Å². The van der Waals surface area contributed by atoms with Gasteiger partial charge in [0.2, 0.25) is 0 Å². The summed E-state index contributed by atoms with van der Waals surface area (Å²) in [6.07, 6.45) is 2.60. The lowest BCUT2D eigenvalue weighted by Crippen LogP contribution is -2.51. The van der Waals surface area contributed by atoms with Crippen molar-refractivity contribution in [3.8, 4) is 10.6 Å². The molecule has 1 aromatic carbocycles. The van der Waals surface area contributed by atoms with E-state index >= 15 is 0 Å². The summed E-state index contributed by atoms with van der Waals surface area (Å²) in [5, 5.41) is 19.0. The second kappa shape index (κ2) is 8.30. The van der Waals surface area contributed by atoms with Crippen molar-refractivity contribution in [1.29, 1.82) is 0 Å². The average Bonchev–Trinajstić information content (AvgIpc) is 3.35. The smallest absolute Gasteiger partial charge is 0.357 e. The molecule has 0 radical (unpaired) electrons. The molecular weight excluding hydrogens is 392 g/mol. The molecular formula is C20H22N4O4S. The first-order valence-corrected chi connectivity index (χ1v) is 10.4. The van der Waals surface area contributed by atoms with E-state index in [1.807, 2.05) is 24.4 Å². The molecule has 8 nitrogen and oxygen atoms in total. The highest BCUT2D eigenvalue weighted by molar-refractivity contribution is 7.13. The molecule has 9 heteroatoms. The van der Waals surface area contributed by atoms with Crippen LogP contribution in [0, 0.1) is 12.8 Å². The number of nitrogens with one attached hydrogen (secondary N) is 1. The van der Waals surface area contributed by atoms with Gasteiger partial charge in [-0.2, -0.15) is 5.10 Å². The van der Waals surface area contributed by atoms with Gasteiger partial charge in [0, 0.05) is 28.6 Å². The lowest BCUT2D eigenvalue weighted by molar-refractivity contribution is -0.143. The molecule has 29 heavy (non-hydrogen) atoms. The van der Waals surface area contributed by atoms with Gasteiger partial charge in [0.05, 0.1) is 5.52 Å². The van der Waals surface area contributed by atoms with Crippen LogP contribution in [-0.2, 0) is 9.53 Å². The third-order valence-corrected chi connectivity index (χ3v) is 6.47. The number of thiazole rings is 1. The number of rotatable bonds is 4. The van der Waals surface area contributed by atoms with Gasteiger partial charge in [0.15, 0.2) is 5.69 Å². The van der Waals surface area contributed by atoms with Crippen LogP contribution < -0.4 is 0 Å². The van der Waals surface area contributed by atoms with Crippen LogP contribution in [0.3, 0.4) is 0 Å². The molecule has 2 N–H and O–H groups in total. The fourth-order valence-corrected chi connectivity index (χ4v) is 4.73. The summed E-state index contributed by atoms with van der Waals surface area (Å²) in [5.41, 5.74) is 2.62. The highest BCUT2D eigenvalue weighted by atomic mass is 32.1. The third kappa shape index (κ3) is 4.15. The van der Waals surface area contributed by atoms with Crippen molar-refractivity contribution in [2.24, 2.45) is 5.92 Å². The third-order valence-electron chi connectivity index (χ3n) is 5.46. The molecule has 6 rings (SSSR count). The van der Waals surface area contributed by atoms with Crippen LogP contribution in [0.15, 0.2) is 23.6 Å². The van der Waals surface area contributed by atoms with E-state index in [2.05, 4.69) is 20.1 Å². The number of carboxylic acids is 1. The maximum atomic E-state index is 11.0. The van der Waals surface area contributed by atoms with Gasteiger partial charge in [0.25, 0.3) is 6.47 Å². The number of fused-ring (bicyclic) bond motifs is 4. The van der Waals surface area contributed by atoms with E-state index < -0.39 is 5.97 Å². The Balaban J connectivity index is 0.000000159. The van der Waals surface area contributed by atoms with Crippen LogP contribution in [0.2, 0.25) is 0 Å². The van der Waals surface area contributed by atoms with Crippen LogP contribution in [0.1, 0.15) is 29.0 Å². The number of aryl methyl sites for hydroxylation is 1. The summed E-state index contributed by atoms with van der Waals surface area (Å²) in [6.45, 7) is 5.88. The molecule has 3 fully saturated rings. The molecule has 0 saturated carbocycles. The molecule has 0 unspecified atom stereocenters. The Morgan fingerprint density at radius 3 is 2.76 bits per heavy atom. The predicted octanol–water partition coefficient (Wildman–Crippen LogP) is 2.95. The number of carbonyl (C=O) groups is 2. The molecule has 152 valence electrons. The Bertz CT molecular complexity index is 1020. The lowest BCUT2D eigenvalue weighted by atomic mass is 9.86. The molecule has 5 heterocycles. The quantitative estimate of drug-likeness (QED) is 0.632. The Hall–Kier alpha value is -2.78. The van der Waals surface area contributed by atoms with Crippen LogP contribution in [-0.4, -0.2) is 63.4 Å². The summed E-state index contributed by atoms with van der Waals surface area (Å²) in [7, 11) is 0. The summed E-state index contributed by atoms with van der Waals surface area (Å²) in [5.74, 6) is -0.390. The normalized spacial score (nSPS) is 22.7. The Labute approximate surface area is 171 Å². The summed E-state index contributed by atoms with van der Waals surface area (Å²) >= 11 is 1.54. The number of hydrogen-bond donors (Lipinski definition) is 2. The number of aromatic carboxylic acids is 1. The van der Waals surface area contributed by atoms with Crippen molar-refractivity contribution in [3.63, 3.8) is 0 Å². The summed E-state index contributed by atoms with van der Waals surface area (Å²) in [4.78, 5) is 27.9. The maximum absolute atomic E-state index is 11.0. The maximum Gasteiger partial charge on any atom is 0.357 e. The number of benzene rings is 1. The van der Waals surface area contributed by atoms with Crippen molar-refractivity contribution in [3.05, 3.63) is 35.0 Å². The standard InChI is InChI=1S/C12H9N3O2S.C8H13NO2/c1-6-5-18-11(13-6)7-2-3-9-8(4-7)10(12(16)17)15-14-9;10-6-11-8-5-9-3-1-7(8)2-4-9/h2-5H,1H3,(H,14,15)(H,16,17);6-8H,1-5H2/t;8-/m.1/s1. The predicted molar refractivity (Wildman–Crippen MR) is 109 cm³/mol. The first-order chi connectivity index (χ1) is 14.0. The SMILES string of the molecule is Cc1csc(-c2ccc3[nH]nc(C(=O)O)c3c2)n1.O=CO[C@@H]1CN2CCC1CC2. The number of H-pyrrole nitrogens is 1. The monoisotopic (exact) mass is 414 g/mol. The molecule has 3 aliphatic rings. The van der Waals surface area contributed by atoms with Crippen LogP contribution >= 0.6 is 11.3 Å². The van der Waals surface area contributed by atoms with Crippen LogP contribution in [0.25, 0.3) is 21.5 Å². The van der Waals surface area contributed by atoms with Crippen molar-refractivity contribution >= 4 is 34.7 Å². The minimum absolute atomic E-state index is 0.0418. The Morgan fingerprint density at radius 1 is 1.38 bits per heavy atom. The fourth-order valence-electron chi connectivity index (χ4n) is 3.93. The average molecular weight is 414 g/mol. The molecule has 3 aliphatic heterocycles. The van der Waals surface area contributed by atoms with Gasteiger partial charge in [-0.25, -0.2) is 9.78 Å². The molecule has 1 atom stereocenters. The lowest BCUT2D eigenvalue weighted by Gasteiger charge is -2.43. The van der Waals surface area contributed by atoms with Crippen molar-refractivity contribution < 1.29 is 19.4 Å². The van der Waals surface area contributed by atoms with Gasteiger partial charge >= 0.3 is 5.97 Å². The molecule has 0 spiro atoms. The van der Waals surface area contributed by atoms with Crippen molar-refractivity contribution in [2.75, 3.05) is 19.6 Å². The molecule has 2 bridgehead atoms. The van der Waals surface area contributed by atoms with Gasteiger partial charge in [-0.15, -0.1) is 11.3 Å². The van der Waals surface area contributed by atoms with Gasteiger partial charge < -0.3 is 9.84 Å². The highest BCUT2D eigenvalue weighted by Crippen LogP contribution is 2.29. The molecule has 0 aliphatic carbocycles. The number of carboxylic acid groups (broad SMARTS) is 1. The highest BCUT2D eigenvalue weighted by Gasteiger charge is 2.35. The zero-order valence-electron chi connectivity index (χ0n) is 16.0. The Morgan fingerprint density at radius 2 is 2.17 bits per heavy atom. The summed E-state index contributed by atoms with van der Waals surface area (Å²) < 4.78 is 4.99. The second-order valence-corrected chi connectivity index (χ2v) is 8.20. The molecule has 2 aromatic heterocycles. The number of aromatic nitrogens is 3. The number of hydrogen-bond acceptors (Lipinski definition) is 7. The molecule has 3 aromatic rings. The minimum Gasteiger partial charge on any atom is -0.476 e. The van der Waals surface area contributed by atoms with Gasteiger partial charge in [-0.1, -0.05) is 0 Å². The van der Waals surface area contributed by atoms with E-state index in [0.29, 0.717) is 23.3 Å². The van der Waals surface area contributed by atoms with E-state index in [0.717, 1.165) is 22.8 Å². The van der Waals surface area contributed by atoms with Crippen molar-refractivity contribution in [1.82, 2.24) is 20.1 Å². The van der Waals surface area contributed by atoms with Crippen LogP contribution in [0.4, 0.5) is 0 Å². The number of ether oxygens (including phenoxy) is 1. The zero-order valence-corrected chi connectivity index (χ0v) is 16.8. The second-order valence-electron chi connectivity index (χ2n) is 7.34. The zero-order chi connectivity index (χ0) is 20.4. The van der Waals surface area contributed by atoms with Crippen LogP contribution in [0.5, 0.6) is 0 Å². The van der Waals surface area contributed by atoms with Gasteiger partial charge in [-0.3, -0.25) is 14.8 Å². The minimum atomic E-state index is -1.03. The molecule has 0 amide bonds. The summed E-state index contributed by atoms with van der Waals surface area (Å²) in [6, 6.07) is 5.53. The van der Waals surface area contributed by atoms with Gasteiger partial charge in [-0.05, 0) is 57.0 Å².